The van der Waals surface area contributed by atoms with E-state index in [9.17, 15) is 14.4 Å². The van der Waals surface area contributed by atoms with Crippen molar-refractivity contribution < 1.29 is 24.6 Å². The molecule has 6 nitrogen and oxygen atoms in total. The Morgan fingerprint density at radius 3 is 2.41 bits per heavy atom. The van der Waals surface area contributed by atoms with Crippen LogP contribution in [0.4, 0.5) is 0 Å². The van der Waals surface area contributed by atoms with Gasteiger partial charge in [0.25, 0.3) is 0 Å². The smallest absolute Gasteiger partial charge is 0.326 e. The SMILES string of the molecule is CCCCSCC(=O)N[C@H](CC(=O)O)C(=O)O. The van der Waals surface area contributed by atoms with Gasteiger partial charge in [0, 0.05) is 0 Å². The molecule has 0 saturated heterocycles. The van der Waals surface area contributed by atoms with Gasteiger partial charge in [-0.15, -0.1) is 0 Å². The first-order valence-corrected chi connectivity index (χ1v) is 6.44. The molecule has 7 heteroatoms. The summed E-state index contributed by atoms with van der Waals surface area (Å²) in [5.41, 5.74) is 0. The van der Waals surface area contributed by atoms with Gasteiger partial charge in [0.1, 0.15) is 6.04 Å². The third-order valence-corrected chi connectivity index (χ3v) is 2.93. The van der Waals surface area contributed by atoms with Crippen LogP contribution in [0.1, 0.15) is 26.2 Å². The molecule has 3 N–H and O–H groups in total. The molecular formula is C10H17NO5S. The van der Waals surface area contributed by atoms with E-state index in [-0.39, 0.29) is 5.75 Å². The summed E-state index contributed by atoms with van der Waals surface area (Å²) in [6.45, 7) is 2.04. The fourth-order valence-electron chi connectivity index (χ4n) is 1.02. The molecular weight excluding hydrogens is 246 g/mol. The lowest BCUT2D eigenvalue weighted by atomic mass is 10.2. The molecule has 0 aromatic rings. The fraction of sp³-hybridized carbons (Fsp3) is 0.700. The molecule has 98 valence electrons. The predicted octanol–water partition coefficient (Wildman–Crippen LogP) is 0.564. The molecule has 0 saturated carbocycles. The maximum absolute atomic E-state index is 11.3. The first-order valence-electron chi connectivity index (χ1n) is 5.29. The van der Waals surface area contributed by atoms with Crippen molar-refractivity contribution in [1.29, 1.82) is 0 Å². The van der Waals surface area contributed by atoms with Crippen LogP contribution >= 0.6 is 11.8 Å². The lowest BCUT2D eigenvalue weighted by Gasteiger charge is -2.11. The zero-order chi connectivity index (χ0) is 13.3. The van der Waals surface area contributed by atoms with Crippen LogP contribution in [-0.2, 0) is 14.4 Å². The summed E-state index contributed by atoms with van der Waals surface area (Å²) in [4.78, 5) is 32.4. The molecule has 0 aromatic carbocycles. The Morgan fingerprint density at radius 2 is 1.94 bits per heavy atom. The minimum absolute atomic E-state index is 0.156. The van der Waals surface area contributed by atoms with Gasteiger partial charge >= 0.3 is 11.9 Å². The monoisotopic (exact) mass is 263 g/mol. The van der Waals surface area contributed by atoms with E-state index >= 15 is 0 Å². The van der Waals surface area contributed by atoms with Gasteiger partial charge in [-0.3, -0.25) is 9.59 Å². The van der Waals surface area contributed by atoms with Gasteiger partial charge in [-0.2, -0.15) is 11.8 Å². The average molecular weight is 263 g/mol. The molecule has 0 bridgehead atoms. The summed E-state index contributed by atoms with van der Waals surface area (Å²) < 4.78 is 0. The van der Waals surface area contributed by atoms with Crippen LogP contribution in [0.5, 0.6) is 0 Å². The molecule has 1 amide bonds. The Balaban J connectivity index is 3.96. The van der Waals surface area contributed by atoms with Crippen LogP contribution in [0, 0.1) is 0 Å². The number of nitrogens with one attached hydrogen (secondary N) is 1. The molecule has 0 rings (SSSR count). The van der Waals surface area contributed by atoms with E-state index in [1.54, 1.807) is 0 Å². The number of hydrogen-bond donors (Lipinski definition) is 3. The largest absolute Gasteiger partial charge is 0.481 e. The summed E-state index contributed by atoms with van der Waals surface area (Å²) in [5.74, 6) is -2.04. The second kappa shape index (κ2) is 8.86. The number of hydrogen-bond acceptors (Lipinski definition) is 4. The summed E-state index contributed by atoms with van der Waals surface area (Å²) in [7, 11) is 0. The maximum atomic E-state index is 11.3. The highest BCUT2D eigenvalue weighted by atomic mass is 32.2. The number of aliphatic carboxylic acids is 2. The van der Waals surface area contributed by atoms with Crippen molar-refractivity contribution in [3.63, 3.8) is 0 Å². The van der Waals surface area contributed by atoms with Crippen molar-refractivity contribution in [3.8, 4) is 0 Å². The Bertz CT molecular complexity index is 282. The molecule has 0 aliphatic heterocycles. The van der Waals surface area contributed by atoms with Crippen LogP contribution in [0.25, 0.3) is 0 Å². The Kier molecular flexibility index (Phi) is 8.21. The minimum atomic E-state index is -1.35. The Morgan fingerprint density at radius 1 is 1.29 bits per heavy atom. The third-order valence-electron chi connectivity index (χ3n) is 1.89. The Labute approximate surface area is 104 Å². The number of thioether (sulfide) groups is 1. The number of carbonyl (C=O) groups is 3. The molecule has 0 aromatic heterocycles. The predicted molar refractivity (Wildman–Crippen MR) is 64.1 cm³/mol. The number of carboxylic acids is 2. The van der Waals surface area contributed by atoms with Crippen LogP contribution < -0.4 is 5.32 Å². The summed E-state index contributed by atoms with van der Waals surface area (Å²) in [6.07, 6.45) is 1.42. The molecule has 0 unspecified atom stereocenters. The van der Waals surface area contributed by atoms with Crippen molar-refractivity contribution in [1.82, 2.24) is 5.32 Å². The Hall–Kier alpha value is -1.24. The summed E-state index contributed by atoms with van der Waals surface area (Å²) in [5, 5.41) is 19.4. The molecule has 0 radical (unpaired) electrons. The van der Waals surface area contributed by atoms with Crippen LogP contribution in [0.15, 0.2) is 0 Å². The van der Waals surface area contributed by atoms with Crippen molar-refractivity contribution in [2.75, 3.05) is 11.5 Å². The second-order valence-corrected chi connectivity index (χ2v) is 4.57. The summed E-state index contributed by atoms with van der Waals surface area (Å²) >= 11 is 1.41. The van der Waals surface area contributed by atoms with Gasteiger partial charge in [0.05, 0.1) is 12.2 Å². The van der Waals surface area contributed by atoms with Gasteiger partial charge in [-0.1, -0.05) is 13.3 Å². The standard InChI is InChI=1S/C10H17NO5S/c1-2-3-4-17-6-8(12)11-7(10(15)16)5-9(13)14/h7H,2-6H2,1H3,(H,11,12)(H,13,14)(H,15,16)/t7-/m1/s1. The average Bonchev–Trinajstić information content (AvgIpc) is 2.22. The third kappa shape index (κ3) is 8.56. The zero-order valence-electron chi connectivity index (χ0n) is 9.64. The lowest BCUT2D eigenvalue weighted by molar-refractivity contribution is -0.147. The molecule has 0 aliphatic carbocycles. The van der Waals surface area contributed by atoms with Crippen molar-refractivity contribution >= 4 is 29.6 Å². The summed E-state index contributed by atoms with van der Waals surface area (Å²) in [6, 6.07) is -1.35. The van der Waals surface area contributed by atoms with Crippen molar-refractivity contribution in [3.05, 3.63) is 0 Å². The fourth-order valence-corrected chi connectivity index (χ4v) is 1.93. The number of carboxylic acid groups (broad SMARTS) is 2. The molecule has 0 fully saturated rings. The van der Waals surface area contributed by atoms with Crippen LogP contribution in [0.2, 0.25) is 0 Å². The topological polar surface area (TPSA) is 104 Å². The molecule has 0 heterocycles. The first-order chi connectivity index (χ1) is 7.97. The normalized spacial score (nSPS) is 11.8. The molecule has 1 atom stereocenters. The highest BCUT2D eigenvalue weighted by Crippen LogP contribution is 2.04. The number of amides is 1. The van der Waals surface area contributed by atoms with E-state index < -0.39 is 30.3 Å². The van der Waals surface area contributed by atoms with E-state index in [2.05, 4.69) is 5.32 Å². The number of unbranched alkanes of at least 4 members (excludes halogenated alkanes) is 1. The lowest BCUT2D eigenvalue weighted by Crippen LogP contribution is -2.43. The van der Waals surface area contributed by atoms with Gasteiger partial charge in [0.15, 0.2) is 0 Å². The number of carbonyl (C=O) groups excluding carboxylic acids is 1. The zero-order valence-corrected chi connectivity index (χ0v) is 10.5. The minimum Gasteiger partial charge on any atom is -0.481 e. The highest BCUT2D eigenvalue weighted by Gasteiger charge is 2.22. The van der Waals surface area contributed by atoms with Crippen LogP contribution in [-0.4, -0.2) is 45.6 Å². The molecule has 17 heavy (non-hydrogen) atoms. The first kappa shape index (κ1) is 15.8. The van der Waals surface area contributed by atoms with E-state index in [1.165, 1.54) is 11.8 Å². The quantitative estimate of drug-likeness (QED) is 0.525. The van der Waals surface area contributed by atoms with Gasteiger partial charge in [-0.25, -0.2) is 4.79 Å². The van der Waals surface area contributed by atoms with E-state index in [0.29, 0.717) is 0 Å². The van der Waals surface area contributed by atoms with Gasteiger partial charge < -0.3 is 15.5 Å². The van der Waals surface area contributed by atoms with Gasteiger partial charge in [0.2, 0.25) is 5.91 Å². The van der Waals surface area contributed by atoms with Crippen molar-refractivity contribution in [2.45, 2.75) is 32.2 Å². The van der Waals surface area contributed by atoms with Crippen LogP contribution in [0.3, 0.4) is 0 Å². The van der Waals surface area contributed by atoms with E-state index in [1.807, 2.05) is 6.92 Å². The van der Waals surface area contributed by atoms with E-state index in [4.69, 9.17) is 10.2 Å². The van der Waals surface area contributed by atoms with E-state index in [0.717, 1.165) is 18.6 Å². The van der Waals surface area contributed by atoms with Crippen molar-refractivity contribution in [2.24, 2.45) is 0 Å². The maximum Gasteiger partial charge on any atom is 0.326 e. The highest BCUT2D eigenvalue weighted by molar-refractivity contribution is 7.99. The van der Waals surface area contributed by atoms with Gasteiger partial charge in [-0.05, 0) is 12.2 Å². The second-order valence-electron chi connectivity index (χ2n) is 3.46. The number of rotatable bonds is 9. The molecule has 0 spiro atoms. The molecule has 0 aliphatic rings.